The summed E-state index contributed by atoms with van der Waals surface area (Å²) in [5.74, 6) is 3.33. The van der Waals surface area contributed by atoms with Crippen molar-refractivity contribution in [2.75, 3.05) is 26.4 Å². The molecule has 0 fully saturated rings. The number of rotatable bonds is 10. The Morgan fingerprint density at radius 3 is 2.47 bits per heavy atom. The zero-order chi connectivity index (χ0) is 24.5. The number of nitrogens with one attached hydrogen (secondary N) is 1. The van der Waals surface area contributed by atoms with Gasteiger partial charge in [0.05, 0.1) is 32.5 Å². The van der Waals surface area contributed by atoms with Crippen molar-refractivity contribution in [2.24, 2.45) is 11.8 Å². The van der Waals surface area contributed by atoms with Crippen LogP contribution < -0.4 is 24.3 Å². The number of fused-ring (bicyclic) bond motifs is 1. The number of hydrogen-bond donors (Lipinski definition) is 1. The van der Waals surface area contributed by atoms with Gasteiger partial charge < -0.3 is 24.3 Å². The predicted molar refractivity (Wildman–Crippen MR) is 135 cm³/mol. The van der Waals surface area contributed by atoms with Gasteiger partial charge in [-0.3, -0.25) is 4.79 Å². The second-order valence-electron chi connectivity index (χ2n) is 9.16. The average molecular weight is 468 g/mol. The summed E-state index contributed by atoms with van der Waals surface area (Å²) in [5, 5.41) is 3.13. The molecule has 0 radical (unpaired) electrons. The first-order valence-electron chi connectivity index (χ1n) is 12.1. The fourth-order valence-electron chi connectivity index (χ4n) is 3.65. The molecule has 1 aliphatic rings. The normalized spacial score (nSPS) is 14.2. The molecule has 6 nitrogen and oxygen atoms in total. The van der Waals surface area contributed by atoms with Gasteiger partial charge in [-0.05, 0) is 60.2 Å². The first-order chi connectivity index (χ1) is 16.4. The quantitative estimate of drug-likeness (QED) is 0.447. The van der Waals surface area contributed by atoms with E-state index in [1.165, 1.54) is 0 Å². The van der Waals surface area contributed by atoms with Gasteiger partial charge in [0.15, 0.2) is 23.0 Å². The highest BCUT2D eigenvalue weighted by molar-refractivity contribution is 5.92. The Morgan fingerprint density at radius 2 is 1.76 bits per heavy atom. The van der Waals surface area contributed by atoms with E-state index in [-0.39, 0.29) is 17.9 Å². The molecule has 0 bridgehead atoms. The third-order valence-electron chi connectivity index (χ3n) is 5.36. The fraction of sp³-hybridized carbons (Fsp3) is 0.464. The number of hydrogen-bond acceptors (Lipinski definition) is 5. The number of carbonyl (C=O) groups excluding carboxylic acids is 1. The molecular weight excluding hydrogens is 430 g/mol. The van der Waals surface area contributed by atoms with Crippen LogP contribution >= 0.6 is 0 Å². The van der Waals surface area contributed by atoms with E-state index >= 15 is 0 Å². The Morgan fingerprint density at radius 1 is 1.00 bits per heavy atom. The van der Waals surface area contributed by atoms with Crippen molar-refractivity contribution < 1.29 is 23.7 Å². The highest BCUT2D eigenvalue weighted by Gasteiger charge is 2.20. The lowest BCUT2D eigenvalue weighted by molar-refractivity contribution is -0.117. The number of carbonyl (C=O) groups is 1. The largest absolute Gasteiger partial charge is 0.490 e. The molecule has 0 saturated carbocycles. The second kappa shape index (κ2) is 12.4. The molecule has 0 aromatic heterocycles. The minimum absolute atomic E-state index is 0.153. The lowest BCUT2D eigenvalue weighted by Gasteiger charge is -2.23. The standard InChI is InChI=1S/C28H37NO5/c1-6-31-25-16-21(8-11-24(25)34-18-19(2)3)9-13-27(30)29-28(20(4)5)22-10-12-23-26(17-22)33-15-7-14-32-23/h8-13,16-17,19-20,28H,6-7,14-15,18H2,1-5H3,(H,29,30)/b13-9+. The molecule has 1 aliphatic heterocycles. The topological polar surface area (TPSA) is 66.0 Å². The van der Waals surface area contributed by atoms with Gasteiger partial charge in [0.1, 0.15) is 0 Å². The maximum absolute atomic E-state index is 12.8. The molecule has 2 aromatic rings. The first kappa shape index (κ1) is 25.5. The van der Waals surface area contributed by atoms with Gasteiger partial charge in [0, 0.05) is 12.5 Å². The van der Waals surface area contributed by atoms with E-state index in [0.717, 1.165) is 29.0 Å². The molecule has 0 spiro atoms. The molecule has 0 saturated heterocycles. The van der Waals surface area contributed by atoms with Crippen LogP contribution in [0.3, 0.4) is 0 Å². The molecule has 1 N–H and O–H groups in total. The van der Waals surface area contributed by atoms with Crippen molar-refractivity contribution in [3.8, 4) is 23.0 Å². The Balaban J connectivity index is 1.71. The van der Waals surface area contributed by atoms with Gasteiger partial charge in [-0.25, -0.2) is 0 Å². The lowest BCUT2D eigenvalue weighted by Crippen LogP contribution is -2.30. The molecule has 0 aliphatic carbocycles. The third kappa shape index (κ3) is 7.17. The van der Waals surface area contributed by atoms with Crippen molar-refractivity contribution in [3.63, 3.8) is 0 Å². The molecule has 3 rings (SSSR count). The number of benzene rings is 2. The van der Waals surface area contributed by atoms with Crippen molar-refractivity contribution in [2.45, 2.75) is 47.1 Å². The van der Waals surface area contributed by atoms with Crippen LogP contribution in [0.5, 0.6) is 23.0 Å². The van der Waals surface area contributed by atoms with Gasteiger partial charge >= 0.3 is 0 Å². The van der Waals surface area contributed by atoms with E-state index in [0.29, 0.717) is 43.8 Å². The molecule has 1 atom stereocenters. The number of amides is 1. The Bertz CT molecular complexity index is 983. The summed E-state index contributed by atoms with van der Waals surface area (Å²) in [6, 6.07) is 11.4. The van der Waals surface area contributed by atoms with Crippen molar-refractivity contribution in [3.05, 3.63) is 53.6 Å². The van der Waals surface area contributed by atoms with E-state index < -0.39 is 0 Å². The molecule has 2 aromatic carbocycles. The Hall–Kier alpha value is -3.15. The highest BCUT2D eigenvalue weighted by Crippen LogP contribution is 2.34. The second-order valence-corrected chi connectivity index (χ2v) is 9.16. The fourth-order valence-corrected chi connectivity index (χ4v) is 3.65. The van der Waals surface area contributed by atoms with E-state index in [4.69, 9.17) is 18.9 Å². The average Bonchev–Trinajstić information content (AvgIpc) is 3.05. The first-order valence-corrected chi connectivity index (χ1v) is 12.1. The van der Waals surface area contributed by atoms with Crippen LogP contribution in [0.2, 0.25) is 0 Å². The summed E-state index contributed by atoms with van der Waals surface area (Å²) in [6.07, 6.45) is 4.20. The maximum Gasteiger partial charge on any atom is 0.244 e. The summed E-state index contributed by atoms with van der Waals surface area (Å²) in [7, 11) is 0. The minimum atomic E-state index is -0.163. The summed E-state index contributed by atoms with van der Waals surface area (Å²) in [4.78, 5) is 12.8. The van der Waals surface area contributed by atoms with Crippen LogP contribution in [-0.4, -0.2) is 32.3 Å². The van der Waals surface area contributed by atoms with Crippen LogP contribution in [0.4, 0.5) is 0 Å². The van der Waals surface area contributed by atoms with Crippen LogP contribution in [0.1, 0.15) is 58.2 Å². The molecule has 1 unspecified atom stereocenters. The molecule has 34 heavy (non-hydrogen) atoms. The highest BCUT2D eigenvalue weighted by atomic mass is 16.5. The third-order valence-corrected chi connectivity index (χ3v) is 5.36. The monoisotopic (exact) mass is 467 g/mol. The van der Waals surface area contributed by atoms with Crippen molar-refractivity contribution in [1.82, 2.24) is 5.32 Å². The Labute approximate surface area is 203 Å². The summed E-state index contributed by atoms with van der Waals surface area (Å²) < 4.78 is 23.2. The zero-order valence-corrected chi connectivity index (χ0v) is 20.9. The van der Waals surface area contributed by atoms with Crippen LogP contribution in [0.15, 0.2) is 42.5 Å². The van der Waals surface area contributed by atoms with Crippen LogP contribution in [0, 0.1) is 11.8 Å². The SMILES string of the molecule is CCOc1cc(/C=C/C(=O)NC(c2ccc3c(c2)OCCCO3)C(C)C)ccc1OCC(C)C. The smallest absolute Gasteiger partial charge is 0.244 e. The minimum Gasteiger partial charge on any atom is -0.490 e. The van der Waals surface area contributed by atoms with Gasteiger partial charge in [-0.15, -0.1) is 0 Å². The van der Waals surface area contributed by atoms with Crippen molar-refractivity contribution >= 4 is 12.0 Å². The maximum atomic E-state index is 12.8. The summed E-state index contributed by atoms with van der Waals surface area (Å²) in [6.45, 7) is 12.8. The molecule has 1 amide bonds. The molecular formula is C28H37NO5. The number of ether oxygens (including phenoxy) is 4. The Kier molecular flexibility index (Phi) is 9.25. The molecule has 6 heteroatoms. The van der Waals surface area contributed by atoms with Gasteiger partial charge in [-0.2, -0.15) is 0 Å². The van der Waals surface area contributed by atoms with E-state index in [1.54, 1.807) is 12.2 Å². The predicted octanol–water partition coefficient (Wildman–Crippen LogP) is 5.81. The van der Waals surface area contributed by atoms with Gasteiger partial charge in [0.25, 0.3) is 0 Å². The molecule has 1 heterocycles. The van der Waals surface area contributed by atoms with Crippen molar-refractivity contribution in [1.29, 1.82) is 0 Å². The van der Waals surface area contributed by atoms with Crippen LogP contribution in [-0.2, 0) is 4.79 Å². The van der Waals surface area contributed by atoms with E-state index in [2.05, 4.69) is 33.0 Å². The van der Waals surface area contributed by atoms with Gasteiger partial charge in [0.2, 0.25) is 5.91 Å². The molecule has 184 valence electrons. The van der Waals surface area contributed by atoms with Gasteiger partial charge in [-0.1, -0.05) is 39.8 Å². The van der Waals surface area contributed by atoms with E-state index in [1.807, 2.05) is 43.3 Å². The van der Waals surface area contributed by atoms with E-state index in [9.17, 15) is 4.79 Å². The lowest BCUT2D eigenvalue weighted by atomic mass is 9.95. The summed E-state index contributed by atoms with van der Waals surface area (Å²) in [5.41, 5.74) is 1.86. The zero-order valence-electron chi connectivity index (χ0n) is 20.9. The van der Waals surface area contributed by atoms with Crippen LogP contribution in [0.25, 0.3) is 6.08 Å². The summed E-state index contributed by atoms with van der Waals surface area (Å²) >= 11 is 0.